The van der Waals surface area contributed by atoms with Gasteiger partial charge in [-0.3, -0.25) is 4.55 Å². The van der Waals surface area contributed by atoms with Crippen LogP contribution in [0.3, 0.4) is 0 Å². The van der Waals surface area contributed by atoms with Crippen molar-refractivity contribution in [3.63, 3.8) is 0 Å². The van der Waals surface area contributed by atoms with Crippen molar-refractivity contribution in [1.82, 2.24) is 4.90 Å². The topological polar surface area (TPSA) is 57.6 Å². The minimum atomic E-state index is -3.93. The molecule has 10 heavy (non-hydrogen) atoms. The second-order valence-corrected chi connectivity index (χ2v) is 3.45. The molecule has 0 spiro atoms. The highest BCUT2D eigenvalue weighted by molar-refractivity contribution is 7.88. The fourth-order valence-electron chi connectivity index (χ4n) is 0.375. The Morgan fingerprint density at radius 2 is 2.00 bits per heavy atom. The SMILES string of the molecule is CN(C)C/C=C/S(=O)(=O)O. The van der Waals surface area contributed by atoms with Gasteiger partial charge in [-0.05, 0) is 14.1 Å². The van der Waals surface area contributed by atoms with E-state index >= 15 is 0 Å². The molecular weight excluding hydrogens is 154 g/mol. The normalized spacial score (nSPS) is 13.2. The van der Waals surface area contributed by atoms with E-state index in [4.69, 9.17) is 4.55 Å². The molecule has 0 aromatic carbocycles. The summed E-state index contributed by atoms with van der Waals surface area (Å²) in [7, 11) is -0.327. The van der Waals surface area contributed by atoms with Crippen LogP contribution in [0.4, 0.5) is 0 Å². The lowest BCUT2D eigenvalue weighted by atomic mass is 10.6. The summed E-state index contributed by atoms with van der Waals surface area (Å²) >= 11 is 0. The predicted octanol–water partition coefficient (Wildman–Crippen LogP) is -0.0505. The highest BCUT2D eigenvalue weighted by Gasteiger charge is 1.93. The molecule has 0 aliphatic carbocycles. The Kier molecular flexibility index (Phi) is 3.55. The van der Waals surface area contributed by atoms with Gasteiger partial charge >= 0.3 is 0 Å². The van der Waals surface area contributed by atoms with E-state index in [9.17, 15) is 8.42 Å². The van der Waals surface area contributed by atoms with Crippen LogP contribution < -0.4 is 0 Å². The van der Waals surface area contributed by atoms with Crippen molar-refractivity contribution in [2.24, 2.45) is 0 Å². The van der Waals surface area contributed by atoms with Crippen molar-refractivity contribution in [2.75, 3.05) is 20.6 Å². The van der Waals surface area contributed by atoms with Gasteiger partial charge in [-0.1, -0.05) is 6.08 Å². The minimum absolute atomic E-state index is 0.500. The van der Waals surface area contributed by atoms with Gasteiger partial charge in [-0.2, -0.15) is 8.42 Å². The standard InChI is InChI=1S/C5H11NO3S/c1-6(2)4-3-5-10(7,8)9/h3,5H,4H2,1-2H3,(H,7,8,9)/b5-3+. The Morgan fingerprint density at radius 3 is 2.30 bits per heavy atom. The van der Waals surface area contributed by atoms with Crippen molar-refractivity contribution in [3.8, 4) is 0 Å². The van der Waals surface area contributed by atoms with E-state index in [1.54, 1.807) is 19.0 Å². The number of hydrogen-bond acceptors (Lipinski definition) is 3. The van der Waals surface area contributed by atoms with Gasteiger partial charge in [-0.25, -0.2) is 0 Å². The van der Waals surface area contributed by atoms with E-state index in [2.05, 4.69) is 0 Å². The third kappa shape index (κ3) is 7.61. The molecule has 0 saturated carbocycles. The summed E-state index contributed by atoms with van der Waals surface area (Å²) in [6, 6.07) is 0. The van der Waals surface area contributed by atoms with Gasteiger partial charge in [-0.15, -0.1) is 0 Å². The molecule has 0 aliphatic rings. The van der Waals surface area contributed by atoms with Crippen LogP contribution in [0.5, 0.6) is 0 Å². The zero-order valence-electron chi connectivity index (χ0n) is 5.98. The number of hydrogen-bond donors (Lipinski definition) is 1. The molecule has 0 unspecified atom stereocenters. The second-order valence-electron chi connectivity index (χ2n) is 2.15. The largest absolute Gasteiger partial charge is 0.306 e. The Labute approximate surface area is 60.9 Å². The molecule has 0 atom stereocenters. The smallest absolute Gasteiger partial charge is 0.287 e. The third-order valence-corrected chi connectivity index (χ3v) is 1.28. The van der Waals surface area contributed by atoms with E-state index in [0.29, 0.717) is 6.54 Å². The molecule has 0 fully saturated rings. The van der Waals surface area contributed by atoms with Crippen molar-refractivity contribution >= 4 is 10.1 Å². The van der Waals surface area contributed by atoms with Gasteiger partial charge < -0.3 is 4.90 Å². The van der Waals surface area contributed by atoms with E-state index in [-0.39, 0.29) is 0 Å². The van der Waals surface area contributed by atoms with Gasteiger partial charge in [0.15, 0.2) is 0 Å². The molecule has 4 nitrogen and oxygen atoms in total. The number of nitrogens with zero attached hydrogens (tertiary/aromatic N) is 1. The lowest BCUT2D eigenvalue weighted by Crippen LogP contribution is -2.10. The van der Waals surface area contributed by atoms with Gasteiger partial charge in [0.2, 0.25) is 0 Å². The van der Waals surface area contributed by atoms with E-state index in [1.165, 1.54) is 6.08 Å². The lowest BCUT2D eigenvalue weighted by molar-refractivity contribution is 0.456. The molecule has 0 aromatic heterocycles. The molecule has 0 aromatic rings. The van der Waals surface area contributed by atoms with Crippen LogP contribution in [0.1, 0.15) is 0 Å². The molecule has 1 N–H and O–H groups in total. The highest BCUT2D eigenvalue weighted by Crippen LogP contribution is 1.85. The maximum Gasteiger partial charge on any atom is 0.287 e. The van der Waals surface area contributed by atoms with Crippen molar-refractivity contribution in [2.45, 2.75) is 0 Å². The molecule has 60 valence electrons. The van der Waals surface area contributed by atoms with Gasteiger partial charge in [0.25, 0.3) is 10.1 Å². The quantitative estimate of drug-likeness (QED) is 0.596. The first-order chi connectivity index (χ1) is 4.42. The van der Waals surface area contributed by atoms with Crippen LogP contribution in [0.25, 0.3) is 0 Å². The molecule has 0 rings (SSSR count). The van der Waals surface area contributed by atoms with E-state index in [0.717, 1.165) is 5.41 Å². The summed E-state index contributed by atoms with van der Waals surface area (Å²) in [4.78, 5) is 1.78. The Morgan fingerprint density at radius 1 is 1.50 bits per heavy atom. The second kappa shape index (κ2) is 3.70. The summed E-state index contributed by atoms with van der Waals surface area (Å²) in [5, 5.41) is 0.771. The molecule has 0 radical (unpaired) electrons. The Bertz CT molecular complexity index is 205. The Hall–Kier alpha value is -0.390. The first kappa shape index (κ1) is 9.61. The van der Waals surface area contributed by atoms with E-state index < -0.39 is 10.1 Å². The molecule has 0 aliphatic heterocycles. The lowest BCUT2D eigenvalue weighted by Gasteiger charge is -2.02. The van der Waals surface area contributed by atoms with Gasteiger partial charge in [0, 0.05) is 6.54 Å². The van der Waals surface area contributed by atoms with E-state index in [1.807, 2.05) is 0 Å². The average Bonchev–Trinajstić information content (AvgIpc) is 1.59. The average molecular weight is 165 g/mol. The number of likely N-dealkylation sites (N-methyl/N-ethyl adjacent to an activating group) is 1. The first-order valence-electron chi connectivity index (χ1n) is 2.70. The zero-order valence-corrected chi connectivity index (χ0v) is 6.80. The summed E-state index contributed by atoms with van der Waals surface area (Å²) < 4.78 is 28.3. The van der Waals surface area contributed by atoms with Gasteiger partial charge in [0.05, 0.1) is 5.41 Å². The summed E-state index contributed by atoms with van der Waals surface area (Å²) in [5.41, 5.74) is 0. The fraction of sp³-hybridized carbons (Fsp3) is 0.600. The zero-order chi connectivity index (χ0) is 8.20. The fourth-order valence-corrected chi connectivity index (χ4v) is 0.705. The molecule has 0 bridgehead atoms. The molecule has 0 amide bonds. The maximum absolute atomic E-state index is 10.1. The van der Waals surface area contributed by atoms with Crippen LogP contribution in [0.2, 0.25) is 0 Å². The third-order valence-electron chi connectivity index (χ3n) is 0.739. The molecule has 5 heteroatoms. The van der Waals surface area contributed by atoms with Crippen LogP contribution in [0.15, 0.2) is 11.5 Å². The first-order valence-corrected chi connectivity index (χ1v) is 4.21. The predicted molar refractivity (Wildman–Crippen MR) is 39.2 cm³/mol. The summed E-state index contributed by atoms with van der Waals surface area (Å²) in [6.07, 6.45) is 1.37. The Balaban J connectivity index is 3.80. The monoisotopic (exact) mass is 165 g/mol. The van der Waals surface area contributed by atoms with Crippen LogP contribution >= 0.6 is 0 Å². The van der Waals surface area contributed by atoms with Crippen LogP contribution in [0, 0.1) is 0 Å². The number of rotatable bonds is 3. The molecule has 0 heterocycles. The van der Waals surface area contributed by atoms with Crippen molar-refractivity contribution in [1.29, 1.82) is 0 Å². The maximum atomic E-state index is 10.1. The highest BCUT2D eigenvalue weighted by atomic mass is 32.2. The molecule has 0 saturated heterocycles. The van der Waals surface area contributed by atoms with Crippen LogP contribution in [-0.4, -0.2) is 38.5 Å². The van der Waals surface area contributed by atoms with Crippen molar-refractivity contribution in [3.05, 3.63) is 11.5 Å². The summed E-state index contributed by atoms with van der Waals surface area (Å²) in [6.45, 7) is 0.500. The minimum Gasteiger partial charge on any atom is -0.306 e. The van der Waals surface area contributed by atoms with Crippen molar-refractivity contribution < 1.29 is 13.0 Å². The molecular formula is C5H11NO3S. The van der Waals surface area contributed by atoms with Crippen LogP contribution in [-0.2, 0) is 10.1 Å². The summed E-state index contributed by atoms with van der Waals surface area (Å²) in [5.74, 6) is 0. The van der Waals surface area contributed by atoms with Gasteiger partial charge in [0.1, 0.15) is 0 Å².